The standard InChI is InChI=1S/C18H21ClN2O4S/c1-12-10-16(11-13(2)18(12)19)25-9-8-20-26(23,24)17-6-4-15(5-7-17)21-14(3)22/h4-7,10-11,20H,8-9H2,1-3H3,(H,21,22). The molecule has 2 aromatic carbocycles. The Kier molecular flexibility index (Phi) is 6.63. The van der Waals surface area contributed by atoms with E-state index in [1.807, 2.05) is 26.0 Å². The summed E-state index contributed by atoms with van der Waals surface area (Å²) in [6, 6.07) is 9.55. The van der Waals surface area contributed by atoms with Gasteiger partial charge in [-0.2, -0.15) is 0 Å². The molecule has 1 amide bonds. The smallest absolute Gasteiger partial charge is 0.240 e. The van der Waals surface area contributed by atoms with E-state index in [0.717, 1.165) is 11.1 Å². The zero-order valence-corrected chi connectivity index (χ0v) is 16.4. The predicted octanol–water partition coefficient (Wildman–Crippen LogP) is 3.27. The third kappa shape index (κ3) is 5.45. The molecule has 0 aliphatic heterocycles. The van der Waals surface area contributed by atoms with Crippen molar-refractivity contribution in [2.45, 2.75) is 25.7 Å². The molecule has 8 heteroatoms. The second-order valence-corrected chi connectivity index (χ2v) is 7.97. The predicted molar refractivity (Wildman–Crippen MR) is 102 cm³/mol. The first-order chi connectivity index (χ1) is 12.2. The van der Waals surface area contributed by atoms with Gasteiger partial charge in [0.15, 0.2) is 0 Å². The highest BCUT2D eigenvalue weighted by Crippen LogP contribution is 2.25. The van der Waals surface area contributed by atoms with Crippen LogP contribution in [0.25, 0.3) is 0 Å². The Labute approximate surface area is 158 Å². The fraction of sp³-hybridized carbons (Fsp3) is 0.278. The Morgan fingerprint density at radius 2 is 1.69 bits per heavy atom. The normalized spacial score (nSPS) is 11.2. The van der Waals surface area contributed by atoms with E-state index in [2.05, 4.69) is 10.0 Å². The van der Waals surface area contributed by atoms with Gasteiger partial charge < -0.3 is 10.1 Å². The summed E-state index contributed by atoms with van der Waals surface area (Å²) < 4.78 is 32.6. The minimum Gasteiger partial charge on any atom is -0.492 e. The van der Waals surface area contributed by atoms with Crippen molar-refractivity contribution in [2.24, 2.45) is 0 Å². The van der Waals surface area contributed by atoms with E-state index in [9.17, 15) is 13.2 Å². The fourth-order valence-corrected chi connectivity index (χ4v) is 3.46. The van der Waals surface area contributed by atoms with Gasteiger partial charge in [0.2, 0.25) is 15.9 Å². The Balaban J connectivity index is 1.91. The lowest BCUT2D eigenvalue weighted by Gasteiger charge is -2.11. The highest BCUT2D eigenvalue weighted by Gasteiger charge is 2.13. The van der Waals surface area contributed by atoms with Gasteiger partial charge in [-0.15, -0.1) is 0 Å². The summed E-state index contributed by atoms with van der Waals surface area (Å²) in [5.74, 6) is 0.423. The van der Waals surface area contributed by atoms with Crippen molar-refractivity contribution < 1.29 is 17.9 Å². The average molecular weight is 397 g/mol. The van der Waals surface area contributed by atoms with Gasteiger partial charge in [0, 0.05) is 24.2 Å². The van der Waals surface area contributed by atoms with E-state index < -0.39 is 10.0 Å². The summed E-state index contributed by atoms with van der Waals surface area (Å²) in [6.07, 6.45) is 0. The molecule has 0 spiro atoms. The highest BCUT2D eigenvalue weighted by molar-refractivity contribution is 7.89. The third-order valence-corrected chi connectivity index (χ3v) is 5.63. The zero-order valence-electron chi connectivity index (χ0n) is 14.8. The first-order valence-electron chi connectivity index (χ1n) is 7.96. The number of rotatable bonds is 7. The number of carbonyl (C=O) groups excluding carboxylic acids is 1. The summed E-state index contributed by atoms with van der Waals surface area (Å²) in [7, 11) is -3.65. The quantitative estimate of drug-likeness (QED) is 0.703. The van der Waals surface area contributed by atoms with Crippen molar-refractivity contribution in [3.05, 3.63) is 52.5 Å². The van der Waals surface area contributed by atoms with Crippen molar-refractivity contribution in [1.29, 1.82) is 0 Å². The summed E-state index contributed by atoms with van der Waals surface area (Å²) in [5.41, 5.74) is 2.34. The van der Waals surface area contributed by atoms with Crippen molar-refractivity contribution in [3.63, 3.8) is 0 Å². The molecule has 0 aromatic heterocycles. The van der Waals surface area contributed by atoms with Gasteiger partial charge in [-0.3, -0.25) is 4.79 Å². The lowest BCUT2D eigenvalue weighted by Crippen LogP contribution is -2.28. The molecule has 0 bridgehead atoms. The molecule has 0 aliphatic rings. The number of hydrogen-bond donors (Lipinski definition) is 2. The Hall–Kier alpha value is -2.09. The molecule has 0 aliphatic carbocycles. The van der Waals surface area contributed by atoms with Crippen LogP contribution in [-0.2, 0) is 14.8 Å². The summed E-state index contributed by atoms with van der Waals surface area (Å²) in [4.78, 5) is 11.1. The number of hydrogen-bond acceptors (Lipinski definition) is 4. The van der Waals surface area contributed by atoms with Gasteiger partial charge in [-0.25, -0.2) is 13.1 Å². The number of anilines is 1. The van der Waals surface area contributed by atoms with E-state index >= 15 is 0 Å². The summed E-state index contributed by atoms with van der Waals surface area (Å²) >= 11 is 6.11. The van der Waals surface area contributed by atoms with Crippen LogP contribution in [0.5, 0.6) is 5.75 Å². The molecule has 2 rings (SSSR count). The summed E-state index contributed by atoms with van der Waals surface area (Å²) in [5, 5.41) is 3.28. The van der Waals surface area contributed by atoms with Crippen LogP contribution in [-0.4, -0.2) is 27.5 Å². The van der Waals surface area contributed by atoms with Crippen LogP contribution in [0.15, 0.2) is 41.3 Å². The maximum atomic E-state index is 12.3. The first-order valence-corrected chi connectivity index (χ1v) is 9.82. The Morgan fingerprint density at radius 1 is 1.12 bits per heavy atom. The molecular formula is C18H21ClN2O4S. The Bertz CT molecular complexity index is 873. The SMILES string of the molecule is CC(=O)Nc1ccc(S(=O)(=O)NCCOc2cc(C)c(Cl)c(C)c2)cc1. The minimum atomic E-state index is -3.65. The second kappa shape index (κ2) is 8.53. The van der Waals surface area contributed by atoms with Gasteiger partial charge in [0.1, 0.15) is 12.4 Å². The van der Waals surface area contributed by atoms with E-state index in [-0.39, 0.29) is 24.0 Å². The molecule has 0 radical (unpaired) electrons. The fourth-order valence-electron chi connectivity index (χ4n) is 2.34. The molecule has 0 saturated carbocycles. The van der Waals surface area contributed by atoms with Gasteiger partial charge in [-0.1, -0.05) is 11.6 Å². The van der Waals surface area contributed by atoms with E-state index in [1.54, 1.807) is 0 Å². The molecule has 0 unspecified atom stereocenters. The molecular weight excluding hydrogens is 376 g/mol. The molecule has 26 heavy (non-hydrogen) atoms. The molecule has 0 fully saturated rings. The molecule has 6 nitrogen and oxygen atoms in total. The van der Waals surface area contributed by atoms with Crippen molar-refractivity contribution in [3.8, 4) is 5.75 Å². The van der Waals surface area contributed by atoms with Crippen LogP contribution < -0.4 is 14.8 Å². The van der Waals surface area contributed by atoms with Gasteiger partial charge in [0.05, 0.1) is 4.90 Å². The molecule has 0 saturated heterocycles. The lowest BCUT2D eigenvalue weighted by atomic mass is 10.1. The molecule has 140 valence electrons. The minimum absolute atomic E-state index is 0.116. The van der Waals surface area contributed by atoms with E-state index in [4.69, 9.17) is 16.3 Å². The topological polar surface area (TPSA) is 84.5 Å². The molecule has 2 aromatic rings. The van der Waals surface area contributed by atoms with E-state index in [1.165, 1.54) is 31.2 Å². The Morgan fingerprint density at radius 3 is 2.23 bits per heavy atom. The number of nitrogens with one attached hydrogen (secondary N) is 2. The largest absolute Gasteiger partial charge is 0.492 e. The number of ether oxygens (including phenoxy) is 1. The van der Waals surface area contributed by atoms with Gasteiger partial charge >= 0.3 is 0 Å². The number of benzene rings is 2. The summed E-state index contributed by atoms with van der Waals surface area (Å²) in [6.45, 7) is 5.46. The number of sulfonamides is 1. The maximum absolute atomic E-state index is 12.3. The van der Waals surface area contributed by atoms with Crippen LogP contribution in [0.4, 0.5) is 5.69 Å². The molecule has 2 N–H and O–H groups in total. The number of carbonyl (C=O) groups is 1. The van der Waals surface area contributed by atoms with Crippen molar-refractivity contribution in [2.75, 3.05) is 18.5 Å². The van der Waals surface area contributed by atoms with Crippen LogP contribution in [0.1, 0.15) is 18.1 Å². The van der Waals surface area contributed by atoms with E-state index in [0.29, 0.717) is 16.5 Å². The highest BCUT2D eigenvalue weighted by atomic mass is 35.5. The third-order valence-electron chi connectivity index (χ3n) is 3.56. The van der Waals surface area contributed by atoms with Crippen molar-refractivity contribution in [1.82, 2.24) is 4.72 Å². The van der Waals surface area contributed by atoms with Crippen LogP contribution in [0, 0.1) is 13.8 Å². The van der Waals surface area contributed by atoms with Gasteiger partial charge in [-0.05, 0) is 61.4 Å². The van der Waals surface area contributed by atoms with Crippen LogP contribution in [0.3, 0.4) is 0 Å². The molecule has 0 atom stereocenters. The van der Waals surface area contributed by atoms with Crippen molar-refractivity contribution >= 4 is 33.2 Å². The number of halogens is 1. The number of amides is 1. The average Bonchev–Trinajstić information content (AvgIpc) is 2.56. The zero-order chi connectivity index (χ0) is 19.3. The van der Waals surface area contributed by atoms with Crippen LogP contribution in [0.2, 0.25) is 5.02 Å². The van der Waals surface area contributed by atoms with Gasteiger partial charge in [0.25, 0.3) is 0 Å². The maximum Gasteiger partial charge on any atom is 0.240 e. The second-order valence-electron chi connectivity index (χ2n) is 5.82. The first kappa shape index (κ1) is 20.2. The van der Waals surface area contributed by atoms with Crippen LogP contribution >= 0.6 is 11.6 Å². The lowest BCUT2D eigenvalue weighted by molar-refractivity contribution is -0.114. The monoisotopic (exact) mass is 396 g/mol. The number of aryl methyl sites for hydroxylation is 2. The molecule has 0 heterocycles.